The molecule has 0 saturated carbocycles. The Bertz CT molecular complexity index is 1190. The van der Waals surface area contributed by atoms with Crippen molar-refractivity contribution in [1.29, 1.82) is 0 Å². The van der Waals surface area contributed by atoms with Crippen molar-refractivity contribution < 1.29 is 9.53 Å². The van der Waals surface area contributed by atoms with E-state index in [1.165, 1.54) is 11.8 Å². The van der Waals surface area contributed by atoms with Gasteiger partial charge in [-0.1, -0.05) is 60.3 Å². The molecule has 0 aliphatic heterocycles. The highest BCUT2D eigenvalue weighted by Gasteiger charge is 2.16. The third-order valence-electron chi connectivity index (χ3n) is 4.80. The number of hydrogen-bond donors (Lipinski definition) is 0. The second-order valence-electron chi connectivity index (χ2n) is 6.67. The minimum Gasteiger partial charge on any atom is -0.497 e. The summed E-state index contributed by atoms with van der Waals surface area (Å²) in [6.07, 6.45) is 1.80. The smallest absolute Gasteiger partial charge is 0.192 e. The summed E-state index contributed by atoms with van der Waals surface area (Å²) in [5.74, 6) is 1.86. The molecule has 0 atom stereocenters. The van der Waals surface area contributed by atoms with Gasteiger partial charge in [0, 0.05) is 17.7 Å². The molecule has 150 valence electrons. The van der Waals surface area contributed by atoms with E-state index in [1.54, 1.807) is 13.2 Å². The van der Waals surface area contributed by atoms with Gasteiger partial charge in [-0.25, -0.2) is 0 Å². The minimum absolute atomic E-state index is 0.0657. The first-order valence-corrected chi connectivity index (χ1v) is 10.5. The molecule has 4 aromatic rings. The van der Waals surface area contributed by atoms with Crippen LogP contribution in [0.2, 0.25) is 0 Å². The molecule has 1 heterocycles. The Morgan fingerprint density at radius 3 is 2.60 bits per heavy atom. The van der Waals surface area contributed by atoms with Gasteiger partial charge in [-0.05, 0) is 35.0 Å². The van der Waals surface area contributed by atoms with E-state index in [1.807, 2.05) is 71.3 Å². The van der Waals surface area contributed by atoms with Gasteiger partial charge < -0.3 is 4.74 Å². The zero-order chi connectivity index (χ0) is 20.9. The highest BCUT2D eigenvalue weighted by molar-refractivity contribution is 7.99. The first-order chi connectivity index (χ1) is 14.7. The Labute approximate surface area is 179 Å². The number of ketones is 1. The predicted octanol–water partition coefficient (Wildman–Crippen LogP) is 5.27. The van der Waals surface area contributed by atoms with Crippen molar-refractivity contribution in [3.8, 4) is 17.1 Å². The number of thioether (sulfide) groups is 1. The quantitative estimate of drug-likeness (QED) is 0.223. The maximum absolute atomic E-state index is 12.9. The number of carbonyl (C=O) groups is 1. The molecule has 6 heteroatoms. The molecule has 0 aliphatic rings. The van der Waals surface area contributed by atoms with Gasteiger partial charge in [-0.15, -0.1) is 16.8 Å². The van der Waals surface area contributed by atoms with Crippen LogP contribution < -0.4 is 4.74 Å². The van der Waals surface area contributed by atoms with Gasteiger partial charge in [-0.2, -0.15) is 0 Å². The van der Waals surface area contributed by atoms with E-state index in [4.69, 9.17) is 4.74 Å². The molecule has 0 aliphatic carbocycles. The Balaban J connectivity index is 1.57. The van der Waals surface area contributed by atoms with Crippen LogP contribution >= 0.6 is 11.8 Å². The summed E-state index contributed by atoms with van der Waals surface area (Å²) in [7, 11) is 1.64. The number of hydrogen-bond acceptors (Lipinski definition) is 5. The van der Waals surface area contributed by atoms with Crippen molar-refractivity contribution in [2.75, 3.05) is 12.9 Å². The number of rotatable bonds is 8. The van der Waals surface area contributed by atoms with Crippen LogP contribution in [-0.2, 0) is 6.54 Å². The van der Waals surface area contributed by atoms with Crippen molar-refractivity contribution in [3.05, 3.63) is 84.9 Å². The molecule has 0 spiro atoms. The van der Waals surface area contributed by atoms with Gasteiger partial charge in [0.2, 0.25) is 0 Å². The fourth-order valence-electron chi connectivity index (χ4n) is 3.32. The van der Waals surface area contributed by atoms with Gasteiger partial charge >= 0.3 is 0 Å². The van der Waals surface area contributed by atoms with Gasteiger partial charge in [-0.3, -0.25) is 9.36 Å². The number of allylic oxidation sites excluding steroid dienone is 1. The minimum atomic E-state index is 0.0657. The molecule has 0 N–H and O–H groups in total. The molecule has 0 radical (unpaired) electrons. The number of Topliss-reactive ketones (excluding diaryl/α,β-unsaturated/α-hetero) is 1. The molecular formula is C24H21N3O2S. The molecule has 4 rings (SSSR count). The molecular weight excluding hydrogens is 394 g/mol. The Hall–Kier alpha value is -3.38. The van der Waals surface area contributed by atoms with Crippen LogP contribution in [-0.4, -0.2) is 33.4 Å². The fraction of sp³-hybridized carbons (Fsp3) is 0.125. The van der Waals surface area contributed by atoms with Crippen molar-refractivity contribution in [3.63, 3.8) is 0 Å². The molecule has 0 fully saturated rings. The zero-order valence-corrected chi connectivity index (χ0v) is 17.4. The summed E-state index contributed by atoms with van der Waals surface area (Å²) < 4.78 is 7.19. The van der Waals surface area contributed by atoms with Crippen LogP contribution in [0.3, 0.4) is 0 Å². The molecule has 1 aromatic heterocycles. The third kappa shape index (κ3) is 4.00. The van der Waals surface area contributed by atoms with Crippen LogP contribution in [0.25, 0.3) is 22.2 Å². The van der Waals surface area contributed by atoms with Gasteiger partial charge in [0.05, 0.1) is 12.9 Å². The van der Waals surface area contributed by atoms with Crippen molar-refractivity contribution in [2.45, 2.75) is 11.7 Å². The number of methoxy groups -OCH3 is 1. The monoisotopic (exact) mass is 415 g/mol. The van der Waals surface area contributed by atoms with Crippen LogP contribution in [0.1, 0.15) is 10.4 Å². The lowest BCUT2D eigenvalue weighted by Crippen LogP contribution is -2.06. The van der Waals surface area contributed by atoms with E-state index in [2.05, 4.69) is 16.8 Å². The molecule has 0 amide bonds. The Morgan fingerprint density at radius 1 is 1.07 bits per heavy atom. The summed E-state index contributed by atoms with van der Waals surface area (Å²) >= 11 is 1.39. The Kier molecular flexibility index (Phi) is 5.95. The summed E-state index contributed by atoms with van der Waals surface area (Å²) in [6, 6.07) is 21.4. The molecule has 3 aromatic carbocycles. The summed E-state index contributed by atoms with van der Waals surface area (Å²) in [5.41, 5.74) is 1.66. The number of nitrogens with zero attached hydrogens (tertiary/aromatic N) is 3. The lowest BCUT2D eigenvalue weighted by atomic mass is 10.0. The van der Waals surface area contributed by atoms with Crippen LogP contribution in [0.4, 0.5) is 0 Å². The van der Waals surface area contributed by atoms with Crippen LogP contribution in [0.5, 0.6) is 5.75 Å². The molecule has 0 unspecified atom stereocenters. The van der Waals surface area contributed by atoms with Crippen molar-refractivity contribution in [1.82, 2.24) is 14.8 Å². The SMILES string of the molecule is C=CCn1c(SCC(=O)c2cccc3ccccc23)nnc1-c1ccc(OC)cc1. The average molecular weight is 416 g/mol. The Morgan fingerprint density at radius 2 is 1.83 bits per heavy atom. The number of carbonyl (C=O) groups excluding carboxylic acids is 1. The normalized spacial score (nSPS) is 10.8. The first-order valence-electron chi connectivity index (χ1n) is 9.53. The first kappa shape index (κ1) is 19.9. The van der Waals surface area contributed by atoms with Gasteiger partial charge in [0.15, 0.2) is 16.8 Å². The number of fused-ring (bicyclic) bond motifs is 1. The summed E-state index contributed by atoms with van der Waals surface area (Å²) in [5, 5.41) is 11.4. The van der Waals surface area contributed by atoms with E-state index < -0.39 is 0 Å². The number of benzene rings is 3. The van der Waals surface area contributed by atoms with Crippen LogP contribution in [0, 0.1) is 0 Å². The summed E-state index contributed by atoms with van der Waals surface area (Å²) in [4.78, 5) is 12.9. The number of ether oxygens (including phenoxy) is 1. The van der Waals surface area contributed by atoms with E-state index in [0.717, 1.165) is 33.5 Å². The molecule has 5 nitrogen and oxygen atoms in total. The fourth-order valence-corrected chi connectivity index (χ4v) is 4.15. The largest absolute Gasteiger partial charge is 0.497 e. The zero-order valence-electron chi connectivity index (χ0n) is 16.6. The van der Waals surface area contributed by atoms with Crippen molar-refractivity contribution in [2.24, 2.45) is 0 Å². The highest BCUT2D eigenvalue weighted by atomic mass is 32.2. The predicted molar refractivity (Wildman–Crippen MR) is 121 cm³/mol. The topological polar surface area (TPSA) is 57.0 Å². The maximum atomic E-state index is 12.9. The summed E-state index contributed by atoms with van der Waals surface area (Å²) in [6.45, 7) is 4.40. The van der Waals surface area contributed by atoms with Gasteiger partial charge in [0.25, 0.3) is 0 Å². The lowest BCUT2D eigenvalue weighted by molar-refractivity contribution is 0.102. The average Bonchev–Trinajstić information content (AvgIpc) is 3.20. The van der Waals surface area contributed by atoms with E-state index in [9.17, 15) is 4.79 Å². The van der Waals surface area contributed by atoms with E-state index in [-0.39, 0.29) is 11.5 Å². The van der Waals surface area contributed by atoms with Gasteiger partial charge in [0.1, 0.15) is 5.75 Å². The lowest BCUT2D eigenvalue weighted by Gasteiger charge is -2.09. The van der Waals surface area contributed by atoms with E-state index >= 15 is 0 Å². The highest BCUT2D eigenvalue weighted by Crippen LogP contribution is 2.27. The molecule has 30 heavy (non-hydrogen) atoms. The van der Waals surface area contributed by atoms with Crippen LogP contribution in [0.15, 0.2) is 84.5 Å². The second-order valence-corrected chi connectivity index (χ2v) is 7.62. The molecule has 0 bridgehead atoms. The third-order valence-corrected chi connectivity index (χ3v) is 5.77. The number of aromatic nitrogens is 3. The maximum Gasteiger partial charge on any atom is 0.192 e. The second kappa shape index (κ2) is 8.97. The van der Waals surface area contributed by atoms with Crippen molar-refractivity contribution >= 4 is 28.3 Å². The standard InChI is InChI=1S/C24H21N3O2S/c1-3-15-27-23(18-11-13-19(29-2)14-12-18)25-26-24(27)30-16-22(28)21-10-6-8-17-7-4-5-9-20(17)21/h3-14H,1,15-16H2,2H3. The molecule has 0 saturated heterocycles. The van der Waals surface area contributed by atoms with E-state index in [0.29, 0.717) is 11.7 Å².